The molecule has 13 heteroatoms. The van der Waals surface area contributed by atoms with Gasteiger partial charge in [0.25, 0.3) is 5.91 Å². The Morgan fingerprint density at radius 3 is 1.92 bits per heavy atom. The Balaban J connectivity index is 0.000000164. The van der Waals surface area contributed by atoms with Gasteiger partial charge in [0, 0.05) is 21.6 Å². The molecule has 12 nitrogen and oxygen atoms in total. The van der Waals surface area contributed by atoms with Crippen LogP contribution in [0.1, 0.15) is 42.2 Å². The molecule has 0 fully saturated rings. The number of aromatic hydroxyl groups is 1. The fourth-order valence-electron chi connectivity index (χ4n) is 4.74. The number of anilines is 2. The van der Waals surface area contributed by atoms with Crippen molar-refractivity contribution in [2.24, 2.45) is 0 Å². The third-order valence-corrected chi connectivity index (χ3v) is 8.23. The van der Waals surface area contributed by atoms with Crippen molar-refractivity contribution < 1.29 is 47.9 Å². The molecule has 258 valence electrons. The van der Waals surface area contributed by atoms with Gasteiger partial charge in [-0.15, -0.1) is 11.3 Å². The average Bonchev–Trinajstić information content (AvgIpc) is 3.71. The maximum atomic E-state index is 12.6. The number of carbonyl (C=O) groups excluding carboxylic acids is 3. The van der Waals surface area contributed by atoms with Crippen LogP contribution in [0, 0.1) is 0 Å². The van der Waals surface area contributed by atoms with Crippen LogP contribution in [0.4, 0.5) is 11.4 Å². The summed E-state index contributed by atoms with van der Waals surface area (Å²) in [4.78, 5) is 35.7. The molecule has 3 heterocycles. The van der Waals surface area contributed by atoms with E-state index < -0.39 is 5.97 Å². The van der Waals surface area contributed by atoms with Gasteiger partial charge in [0.15, 0.2) is 13.6 Å². The summed E-state index contributed by atoms with van der Waals surface area (Å²) in [6.45, 7) is 1.42. The molecule has 0 saturated heterocycles. The van der Waals surface area contributed by atoms with Gasteiger partial charge in [0.05, 0.1) is 49.9 Å². The van der Waals surface area contributed by atoms with Crippen LogP contribution in [-0.2, 0) is 32.2 Å². The van der Waals surface area contributed by atoms with Gasteiger partial charge in [0.2, 0.25) is 0 Å². The van der Waals surface area contributed by atoms with Gasteiger partial charge in [-0.25, -0.2) is 9.59 Å². The van der Waals surface area contributed by atoms with Gasteiger partial charge in [-0.2, -0.15) is 0 Å². The molecule has 5 aromatic rings. The molecule has 0 bridgehead atoms. The number of phenolic OH excluding ortho intramolecular Hbond substituents is 1. The lowest BCUT2D eigenvalue weighted by molar-refractivity contribution is -0.0165. The number of fused-ring (bicyclic) bond motifs is 2. The summed E-state index contributed by atoms with van der Waals surface area (Å²) < 4.78 is 30.0. The van der Waals surface area contributed by atoms with Crippen molar-refractivity contribution in [2.75, 3.05) is 38.9 Å². The molecular weight excluding hydrogens is 664 g/mol. The topological polar surface area (TPSA) is 165 Å². The van der Waals surface area contributed by atoms with E-state index >= 15 is 0 Å². The van der Waals surface area contributed by atoms with Crippen molar-refractivity contribution in [3.63, 3.8) is 0 Å². The number of phenols is 1. The first-order valence-corrected chi connectivity index (χ1v) is 16.0. The number of nitrogens with two attached hydrogens (primary N) is 1. The minimum Gasteiger partial charge on any atom is -0.508 e. The Hall–Kier alpha value is -5.89. The number of methoxy groups -OCH3 is 2. The minimum atomic E-state index is -0.398. The number of carbonyl (C=O) groups is 3. The van der Waals surface area contributed by atoms with Crippen molar-refractivity contribution in [3.8, 4) is 27.7 Å². The van der Waals surface area contributed by atoms with Gasteiger partial charge in [-0.05, 0) is 89.8 Å². The number of esters is 2. The summed E-state index contributed by atoms with van der Waals surface area (Å²) >= 11 is 1.64. The van der Waals surface area contributed by atoms with Crippen LogP contribution in [0.2, 0.25) is 0 Å². The summed E-state index contributed by atoms with van der Waals surface area (Å²) in [6.07, 6.45) is 0. The second-order valence-electron chi connectivity index (χ2n) is 10.6. The number of amides is 1. The maximum absolute atomic E-state index is 12.6. The average molecular weight is 699 g/mol. The Kier molecular flexibility index (Phi) is 12.0. The Bertz CT molecular complexity index is 1940. The Morgan fingerprint density at radius 1 is 0.740 bits per heavy atom. The van der Waals surface area contributed by atoms with Crippen LogP contribution < -0.4 is 20.5 Å². The van der Waals surface area contributed by atoms with E-state index in [4.69, 9.17) is 29.8 Å². The highest BCUT2D eigenvalue weighted by atomic mass is 32.1. The summed E-state index contributed by atoms with van der Waals surface area (Å²) in [5, 5.41) is 13.8. The van der Waals surface area contributed by atoms with E-state index in [-0.39, 0.29) is 31.2 Å². The van der Waals surface area contributed by atoms with Crippen LogP contribution in [0.3, 0.4) is 0 Å². The van der Waals surface area contributed by atoms with Crippen molar-refractivity contribution in [1.82, 2.24) is 0 Å². The second kappa shape index (κ2) is 17.0. The van der Waals surface area contributed by atoms with Crippen LogP contribution in [-0.4, -0.2) is 50.8 Å². The predicted octanol–water partition coefficient (Wildman–Crippen LogP) is 6.63. The van der Waals surface area contributed by atoms with Gasteiger partial charge < -0.3 is 44.6 Å². The van der Waals surface area contributed by atoms with Gasteiger partial charge in [-0.1, -0.05) is 12.1 Å². The molecule has 50 heavy (non-hydrogen) atoms. The SMILES string of the molecule is COC(=O)c1ccc(O)cc1.COC(=O)c1ccc2c(c1)COCO2.Nc1ccc(-c2cccs2)cc1NC(=O)c1ccc2c(c1)COCO2. The van der Waals surface area contributed by atoms with E-state index in [0.29, 0.717) is 41.3 Å². The summed E-state index contributed by atoms with van der Waals surface area (Å²) in [5.41, 5.74) is 11.4. The first kappa shape index (κ1) is 35.4. The minimum absolute atomic E-state index is 0.137. The fraction of sp³-hybridized carbons (Fsp3) is 0.162. The predicted molar refractivity (Wildman–Crippen MR) is 186 cm³/mol. The molecule has 4 N–H and O–H groups in total. The largest absolute Gasteiger partial charge is 0.508 e. The van der Waals surface area contributed by atoms with E-state index in [1.54, 1.807) is 53.8 Å². The molecule has 1 amide bonds. The van der Waals surface area contributed by atoms with Crippen molar-refractivity contribution in [3.05, 3.63) is 124 Å². The van der Waals surface area contributed by atoms with Gasteiger partial charge in [-0.3, -0.25) is 4.79 Å². The molecule has 0 unspecified atom stereocenters. The number of ether oxygens (including phenoxy) is 6. The fourth-order valence-corrected chi connectivity index (χ4v) is 5.46. The number of hydrogen-bond donors (Lipinski definition) is 3. The number of thiophene rings is 1. The van der Waals surface area contributed by atoms with Crippen LogP contribution in [0.5, 0.6) is 17.2 Å². The van der Waals surface area contributed by atoms with Crippen LogP contribution in [0.25, 0.3) is 10.4 Å². The highest BCUT2D eigenvalue weighted by Crippen LogP contribution is 2.31. The zero-order valence-corrected chi connectivity index (χ0v) is 28.0. The molecule has 2 aliphatic rings. The normalized spacial score (nSPS) is 12.4. The van der Waals surface area contributed by atoms with Crippen molar-refractivity contribution in [1.29, 1.82) is 0 Å². The highest BCUT2D eigenvalue weighted by Gasteiger charge is 2.16. The molecule has 7 rings (SSSR count). The molecule has 0 saturated carbocycles. The molecule has 0 atom stereocenters. The van der Waals surface area contributed by atoms with Gasteiger partial charge in [0.1, 0.15) is 17.2 Å². The first-order valence-electron chi connectivity index (χ1n) is 15.1. The first-order chi connectivity index (χ1) is 24.2. The lowest BCUT2D eigenvalue weighted by atomic mass is 10.1. The third kappa shape index (κ3) is 9.17. The Morgan fingerprint density at radius 2 is 1.32 bits per heavy atom. The summed E-state index contributed by atoms with van der Waals surface area (Å²) in [7, 11) is 2.67. The van der Waals surface area contributed by atoms with E-state index in [1.165, 1.54) is 38.5 Å². The maximum Gasteiger partial charge on any atom is 0.337 e. The summed E-state index contributed by atoms with van der Waals surface area (Å²) in [6, 6.07) is 26.0. The van der Waals surface area contributed by atoms with E-state index in [1.807, 2.05) is 29.6 Å². The van der Waals surface area contributed by atoms with Crippen molar-refractivity contribution in [2.45, 2.75) is 13.2 Å². The summed E-state index contributed by atoms with van der Waals surface area (Å²) in [5.74, 6) is 0.690. The standard InChI is InChI=1S/C19H16N2O3S.C10H10O4.C8H8O3/c20-15-5-3-12(18-2-1-7-25-18)9-16(15)21-19(22)13-4-6-17-14(8-13)10-23-11-24-17;1-12-10(11)7-2-3-9-8(4-7)5-13-6-14-9;1-11-8(10)6-2-4-7(9)5-3-6/h1-9H,10-11,20H2,(H,21,22);2-4H,5-6H2,1H3;2-5,9H,1H3. The molecular formula is C37H34N2O10S. The Labute approximate surface area is 291 Å². The zero-order chi connectivity index (χ0) is 35.5. The number of nitrogens with one attached hydrogen (secondary N) is 1. The molecule has 2 aliphatic heterocycles. The zero-order valence-electron chi connectivity index (χ0n) is 27.2. The highest BCUT2D eigenvalue weighted by molar-refractivity contribution is 7.13. The van der Waals surface area contributed by atoms with Crippen LogP contribution in [0.15, 0.2) is 96.4 Å². The van der Waals surface area contributed by atoms with E-state index in [0.717, 1.165) is 33.1 Å². The molecule has 0 spiro atoms. The van der Waals surface area contributed by atoms with Crippen molar-refractivity contribution >= 4 is 40.6 Å². The molecule has 0 aliphatic carbocycles. The monoisotopic (exact) mass is 698 g/mol. The van der Waals surface area contributed by atoms with Gasteiger partial charge >= 0.3 is 11.9 Å². The molecule has 1 aromatic heterocycles. The molecule has 4 aromatic carbocycles. The lowest BCUT2D eigenvalue weighted by Crippen LogP contribution is -2.16. The molecule has 0 radical (unpaired) electrons. The quantitative estimate of drug-likeness (QED) is 0.133. The number of benzene rings is 4. The number of hydrogen-bond acceptors (Lipinski definition) is 12. The second-order valence-corrected chi connectivity index (χ2v) is 11.6. The lowest BCUT2D eigenvalue weighted by Gasteiger charge is -2.18. The number of nitrogen functional groups attached to an aromatic ring is 1. The number of rotatable bonds is 5. The van der Waals surface area contributed by atoms with Crippen LogP contribution >= 0.6 is 11.3 Å². The smallest absolute Gasteiger partial charge is 0.337 e. The van der Waals surface area contributed by atoms with E-state index in [9.17, 15) is 14.4 Å². The van der Waals surface area contributed by atoms with E-state index in [2.05, 4.69) is 14.8 Å². The third-order valence-electron chi connectivity index (χ3n) is 7.31.